The highest BCUT2D eigenvalue weighted by Crippen LogP contribution is 2.48. The predicted octanol–water partition coefficient (Wildman–Crippen LogP) is 5.81. The minimum Gasteiger partial charge on any atom is -0.458 e. The van der Waals surface area contributed by atoms with E-state index in [4.69, 9.17) is 38.4 Å². The second-order valence-electron chi connectivity index (χ2n) is 17.7. The molecule has 0 bridgehead atoms. The summed E-state index contributed by atoms with van der Waals surface area (Å²) >= 11 is 2.56. The molecule has 0 amide bonds. The van der Waals surface area contributed by atoms with Crippen molar-refractivity contribution in [2.24, 2.45) is 46.4 Å². The molecule has 350 valence electrons. The molecule has 2 N–H and O–H groups in total. The molecular formula is C44H66N6O11S2. The van der Waals surface area contributed by atoms with Crippen molar-refractivity contribution >= 4 is 52.7 Å². The van der Waals surface area contributed by atoms with E-state index in [2.05, 4.69) is 25.2 Å². The van der Waals surface area contributed by atoms with E-state index in [1.165, 1.54) is 37.4 Å². The van der Waals surface area contributed by atoms with E-state index in [0.29, 0.717) is 27.9 Å². The number of hydrogen-bond acceptors (Lipinski definition) is 18. The van der Waals surface area contributed by atoms with Crippen LogP contribution in [0.15, 0.2) is 29.6 Å². The molecule has 2 aromatic rings. The number of Topliss-reactive ketones (excluding diaryl/α,β-unsaturated/α-hetero) is 2. The van der Waals surface area contributed by atoms with E-state index in [9.17, 15) is 19.2 Å². The van der Waals surface area contributed by atoms with Crippen LogP contribution in [0.4, 0.5) is 0 Å². The van der Waals surface area contributed by atoms with Gasteiger partial charge in [0.1, 0.15) is 35.5 Å². The van der Waals surface area contributed by atoms with Crippen molar-refractivity contribution in [3.05, 3.63) is 29.4 Å². The van der Waals surface area contributed by atoms with E-state index in [1.807, 2.05) is 40.1 Å². The first kappa shape index (κ1) is 50.4. The van der Waals surface area contributed by atoms with Crippen molar-refractivity contribution in [2.75, 3.05) is 27.0 Å². The Morgan fingerprint density at radius 2 is 1.76 bits per heavy atom. The van der Waals surface area contributed by atoms with Gasteiger partial charge in [0.25, 0.3) is 0 Å². The molecule has 0 aliphatic carbocycles. The van der Waals surface area contributed by atoms with Gasteiger partial charge in [-0.3, -0.25) is 24.2 Å². The van der Waals surface area contributed by atoms with Crippen LogP contribution in [0.3, 0.4) is 0 Å². The fraction of sp³-hybridized carbons (Fsp3) is 0.727. The molecule has 19 heteroatoms. The summed E-state index contributed by atoms with van der Waals surface area (Å²) in [5.41, 5.74) is 4.43. The Bertz CT molecular complexity index is 1940. The summed E-state index contributed by atoms with van der Waals surface area (Å²) in [4.78, 5) is 69.9. The van der Waals surface area contributed by atoms with Gasteiger partial charge in [-0.1, -0.05) is 57.2 Å². The summed E-state index contributed by atoms with van der Waals surface area (Å²) in [6.45, 7) is 17.5. The highest BCUT2D eigenvalue weighted by molar-refractivity contribution is 7.94. The maximum atomic E-state index is 14.9. The Kier molecular flexibility index (Phi) is 16.9. The minimum absolute atomic E-state index is 0.0880. The number of nitrogens with zero attached hydrogens (tertiary/aromatic N) is 5. The first-order valence-corrected chi connectivity index (χ1v) is 23.5. The zero-order valence-corrected chi connectivity index (χ0v) is 40.4. The Morgan fingerprint density at radius 1 is 1.05 bits per heavy atom. The molecule has 3 saturated heterocycles. The van der Waals surface area contributed by atoms with Gasteiger partial charge in [0.2, 0.25) is 0 Å². The topological polar surface area (TPSA) is 213 Å². The molecule has 17 nitrogen and oxygen atoms in total. The van der Waals surface area contributed by atoms with Crippen LogP contribution in [-0.2, 0) is 51.9 Å². The van der Waals surface area contributed by atoms with Crippen molar-refractivity contribution in [1.82, 2.24) is 20.1 Å². The number of nitrogens with two attached hydrogens (primary N) is 1. The van der Waals surface area contributed by atoms with Crippen LogP contribution in [0.25, 0.3) is 10.7 Å². The molecule has 0 saturated carbocycles. The number of oxime groups is 1. The van der Waals surface area contributed by atoms with Crippen LogP contribution >= 0.6 is 23.4 Å². The molecule has 3 aliphatic rings. The lowest BCUT2D eigenvalue weighted by molar-refractivity contribution is -0.289. The van der Waals surface area contributed by atoms with Gasteiger partial charge in [-0.25, -0.2) is 0 Å². The van der Waals surface area contributed by atoms with Gasteiger partial charge >= 0.3 is 11.9 Å². The Morgan fingerprint density at radius 3 is 2.38 bits per heavy atom. The normalized spacial score (nSPS) is 36.6. The molecule has 3 fully saturated rings. The Balaban J connectivity index is 1.52. The third-order valence-electron chi connectivity index (χ3n) is 12.9. The number of esters is 2. The number of ketones is 2. The standard InChI is InChI=1S/C44H66N6O11S2/c1-14-30-44(10)32(31(41(54)59-44)37(45)49-60-27(8)38-47-48-39(63-38)28-18-16-17-19-46-28)24(5)33(51)22(3)21-43(9,55-13)36(25(6)34(52)26(7)40(53)57-30)58-42-35(61-62-15-2)29(50(11)12)20-23(4)56-42/h16-19,22-27,29-32,35-36,42H,14-15,20-21H2,1-13H3,(H2,45,49)/t22-,23+,24-,25+,26-,27+,29+,30+,31-,32+,35-,36-,42?,43-,44-/m1/s1. The van der Waals surface area contributed by atoms with Gasteiger partial charge in [0.15, 0.2) is 39.6 Å². The van der Waals surface area contributed by atoms with Gasteiger partial charge < -0.3 is 43.3 Å². The first-order valence-electron chi connectivity index (χ1n) is 21.8. The highest BCUT2D eigenvalue weighted by atomic mass is 32.2. The van der Waals surface area contributed by atoms with Crippen molar-refractivity contribution in [3.8, 4) is 10.7 Å². The maximum absolute atomic E-state index is 14.9. The molecule has 0 aromatic carbocycles. The number of ether oxygens (including phenoxy) is 5. The highest BCUT2D eigenvalue weighted by Gasteiger charge is 2.63. The van der Waals surface area contributed by atoms with Crippen molar-refractivity contribution < 1.29 is 51.9 Å². The molecular weight excluding hydrogens is 853 g/mol. The zero-order chi connectivity index (χ0) is 46.6. The largest absolute Gasteiger partial charge is 0.458 e. The number of carbonyl (C=O) groups excluding carboxylic acids is 4. The Hall–Kier alpha value is -3.59. The monoisotopic (exact) mass is 918 g/mol. The van der Waals surface area contributed by atoms with E-state index >= 15 is 0 Å². The van der Waals surface area contributed by atoms with E-state index < -0.39 is 95.1 Å². The van der Waals surface area contributed by atoms with Crippen LogP contribution in [0.5, 0.6) is 0 Å². The fourth-order valence-corrected chi connectivity index (χ4v) is 10.7. The quantitative estimate of drug-likeness (QED) is 0.0626. The number of hydrogen-bond donors (Lipinski definition) is 1. The molecule has 5 rings (SSSR count). The predicted molar refractivity (Wildman–Crippen MR) is 237 cm³/mol. The van der Waals surface area contributed by atoms with Gasteiger partial charge in [-0.15, -0.1) is 10.2 Å². The number of likely N-dealkylation sites (N-methyl/N-ethyl adjacent to an activating group) is 1. The lowest BCUT2D eigenvalue weighted by atomic mass is 9.67. The number of cyclic esters (lactones) is 1. The third kappa shape index (κ3) is 10.8. The summed E-state index contributed by atoms with van der Waals surface area (Å²) in [5, 5.41) is 13.8. The number of amidine groups is 1. The molecule has 2 aromatic heterocycles. The zero-order valence-electron chi connectivity index (χ0n) is 38.8. The number of fused-ring (bicyclic) bond motifs is 1. The first-order chi connectivity index (χ1) is 29.7. The number of aromatic nitrogens is 3. The summed E-state index contributed by atoms with van der Waals surface area (Å²) in [6, 6.07) is 5.38. The van der Waals surface area contributed by atoms with Crippen molar-refractivity contribution in [2.45, 2.75) is 143 Å². The molecule has 63 heavy (non-hydrogen) atoms. The van der Waals surface area contributed by atoms with Gasteiger partial charge in [-0.2, -0.15) is 0 Å². The molecule has 15 atom stereocenters. The van der Waals surface area contributed by atoms with Crippen molar-refractivity contribution in [3.63, 3.8) is 0 Å². The number of pyridine rings is 1. The van der Waals surface area contributed by atoms with Crippen LogP contribution in [-0.4, -0.2) is 124 Å². The van der Waals surface area contributed by atoms with Gasteiger partial charge in [-0.05, 0) is 92.2 Å². The smallest absolute Gasteiger partial charge is 0.317 e. The average Bonchev–Trinajstić information content (AvgIpc) is 3.87. The Labute approximate surface area is 379 Å². The minimum atomic E-state index is -1.57. The SMILES string of the molecule is CCSO[C@H]1C(O[C@@H]2[C@@H](C)C(=O)[C@@H](C)C(=O)O[C@@H](CC)[C@@]3(C)OC(=O)[C@@H](/C(N)=N/O[C@@H](C)c4nnc(-c5ccccn5)s4)[C@@H]3[C@@H](C)C(=O)[C@H](C)C[C@@]2(C)OC)O[C@@H](C)C[C@@H]1N(C)C. The molecule has 0 spiro atoms. The third-order valence-corrected chi connectivity index (χ3v) is 14.6. The van der Waals surface area contributed by atoms with Crippen LogP contribution in [0, 0.1) is 35.5 Å². The summed E-state index contributed by atoms with van der Waals surface area (Å²) in [7, 11) is 5.44. The lowest BCUT2D eigenvalue weighted by Crippen LogP contribution is -2.60. The second-order valence-corrected chi connectivity index (χ2v) is 19.7. The number of methoxy groups -OCH3 is 1. The van der Waals surface area contributed by atoms with Crippen LogP contribution in [0.1, 0.15) is 99.6 Å². The van der Waals surface area contributed by atoms with Crippen LogP contribution < -0.4 is 5.73 Å². The summed E-state index contributed by atoms with van der Waals surface area (Å²) < 4.78 is 38.2. The number of rotatable bonds is 13. The summed E-state index contributed by atoms with van der Waals surface area (Å²) in [5.74, 6) is -7.93. The van der Waals surface area contributed by atoms with E-state index in [1.54, 1.807) is 60.7 Å². The second kappa shape index (κ2) is 21.1. The van der Waals surface area contributed by atoms with Crippen LogP contribution in [0.2, 0.25) is 0 Å². The van der Waals surface area contributed by atoms with Gasteiger partial charge in [0.05, 0.1) is 17.8 Å². The van der Waals surface area contributed by atoms with E-state index in [0.717, 1.165) is 0 Å². The fourth-order valence-electron chi connectivity index (χ4n) is 9.41. The van der Waals surface area contributed by atoms with Crippen molar-refractivity contribution in [1.29, 1.82) is 0 Å². The lowest BCUT2D eigenvalue weighted by Gasteiger charge is -2.47. The molecule has 1 unspecified atom stereocenters. The summed E-state index contributed by atoms with van der Waals surface area (Å²) in [6.07, 6.45) is -1.92. The molecule has 0 radical (unpaired) electrons. The molecule has 5 heterocycles. The average molecular weight is 919 g/mol. The molecule has 3 aliphatic heterocycles. The van der Waals surface area contributed by atoms with E-state index in [-0.39, 0.29) is 36.6 Å². The van der Waals surface area contributed by atoms with Gasteiger partial charge in [0, 0.05) is 48.8 Å². The number of carbonyl (C=O) groups is 4. The maximum Gasteiger partial charge on any atom is 0.317 e.